The fourth-order valence-electron chi connectivity index (χ4n) is 1.10. The quantitative estimate of drug-likeness (QED) is 0.547. The van der Waals surface area contributed by atoms with Gasteiger partial charge in [0.25, 0.3) is 0 Å². The number of hydrogen-bond acceptors (Lipinski definition) is 3. The monoisotopic (exact) mass is 204 g/mol. The lowest BCUT2D eigenvalue weighted by molar-refractivity contribution is -0.149. The maximum Gasteiger partial charge on any atom is 0.305 e. The van der Waals surface area contributed by atoms with Crippen LogP contribution in [-0.2, 0) is 9.53 Å². The summed E-state index contributed by atoms with van der Waals surface area (Å²) < 4.78 is 5.07. The lowest BCUT2D eigenvalue weighted by atomic mass is 10.4. The van der Waals surface area contributed by atoms with Crippen molar-refractivity contribution in [2.75, 3.05) is 6.61 Å². The summed E-state index contributed by atoms with van der Waals surface area (Å²) in [7, 11) is -1.26. The van der Waals surface area contributed by atoms with Crippen LogP contribution in [0.25, 0.3) is 0 Å². The Kier molecular flexibility index (Phi) is 5.25. The van der Waals surface area contributed by atoms with Crippen molar-refractivity contribution >= 4 is 14.0 Å². The van der Waals surface area contributed by atoms with Crippen LogP contribution >= 0.6 is 0 Å². The van der Waals surface area contributed by atoms with Gasteiger partial charge in [-0.1, -0.05) is 26.6 Å². The minimum atomic E-state index is -1.26. The molecule has 0 bridgehead atoms. The van der Waals surface area contributed by atoms with Gasteiger partial charge < -0.3 is 9.84 Å². The molecule has 1 N–H and O–H groups in total. The van der Waals surface area contributed by atoms with Crippen molar-refractivity contribution in [3.63, 3.8) is 0 Å². The van der Waals surface area contributed by atoms with Crippen molar-refractivity contribution in [1.82, 2.24) is 0 Å². The van der Waals surface area contributed by atoms with Crippen molar-refractivity contribution < 1.29 is 14.6 Å². The number of carbonyl (C=O) groups is 1. The first-order valence-electron chi connectivity index (χ1n) is 4.69. The van der Waals surface area contributed by atoms with E-state index in [0.717, 1.165) is 6.04 Å². The zero-order valence-corrected chi connectivity index (χ0v) is 9.96. The molecule has 0 amide bonds. The summed E-state index contributed by atoms with van der Waals surface area (Å²) in [5.74, 6) is -0.225. The normalized spacial score (nSPS) is 13.9. The summed E-state index contributed by atoms with van der Waals surface area (Å²) in [6.45, 7) is 8.27. The molecule has 0 aliphatic carbocycles. The Morgan fingerprint density at radius 1 is 1.46 bits per heavy atom. The highest BCUT2D eigenvalue weighted by atomic mass is 28.3. The van der Waals surface area contributed by atoms with Gasteiger partial charge in [-0.15, -0.1) is 0 Å². The maximum absolute atomic E-state index is 10.9. The number of aliphatic hydroxyl groups is 1. The predicted molar refractivity (Wildman–Crippen MR) is 55.4 cm³/mol. The molecule has 13 heavy (non-hydrogen) atoms. The van der Waals surface area contributed by atoms with Crippen LogP contribution in [0.5, 0.6) is 0 Å². The van der Waals surface area contributed by atoms with Crippen LogP contribution in [0.15, 0.2) is 0 Å². The lowest BCUT2D eigenvalue weighted by Gasteiger charge is -2.22. The molecular formula is C9H20O3Si. The van der Waals surface area contributed by atoms with Gasteiger partial charge in [-0.05, 0) is 6.04 Å². The molecule has 4 heteroatoms. The average Bonchev–Trinajstić information content (AvgIpc) is 2.00. The molecule has 0 aromatic heterocycles. The van der Waals surface area contributed by atoms with E-state index in [1.165, 1.54) is 0 Å². The Labute approximate surface area is 81.1 Å². The highest BCUT2D eigenvalue weighted by molar-refractivity contribution is 6.76. The van der Waals surface area contributed by atoms with Crippen LogP contribution in [0.2, 0.25) is 25.7 Å². The number of ether oxygens (including phenoxy) is 1. The zero-order valence-electron chi connectivity index (χ0n) is 8.96. The number of esters is 1. The second-order valence-electron chi connectivity index (χ2n) is 4.41. The molecule has 0 rings (SSSR count). The average molecular weight is 204 g/mol. The zero-order chi connectivity index (χ0) is 10.5. The summed E-state index contributed by atoms with van der Waals surface area (Å²) in [5, 5.41) is 8.98. The van der Waals surface area contributed by atoms with E-state index in [0.29, 0.717) is 6.42 Å². The van der Waals surface area contributed by atoms with Crippen LogP contribution in [0.4, 0.5) is 0 Å². The third-order valence-electron chi connectivity index (χ3n) is 1.63. The molecule has 1 unspecified atom stereocenters. The number of rotatable bonds is 5. The summed E-state index contributed by atoms with van der Waals surface area (Å²) in [6.07, 6.45) is 0.0847. The number of carbonyl (C=O) groups excluding carboxylic acids is 1. The third-order valence-corrected chi connectivity index (χ3v) is 3.31. The Hall–Kier alpha value is -0.353. The van der Waals surface area contributed by atoms with Gasteiger partial charge >= 0.3 is 5.97 Å². The van der Waals surface area contributed by atoms with Crippen molar-refractivity contribution in [2.45, 2.75) is 45.1 Å². The Balaban J connectivity index is 3.97. The first-order valence-corrected chi connectivity index (χ1v) is 8.40. The molecule has 0 saturated heterocycles. The largest absolute Gasteiger partial charge is 0.460 e. The lowest BCUT2D eigenvalue weighted by Crippen LogP contribution is -2.32. The molecule has 0 aliphatic rings. The summed E-state index contributed by atoms with van der Waals surface area (Å²) in [6, 6.07) is 0.829. The molecule has 1 atom stereocenters. The van der Waals surface area contributed by atoms with Crippen molar-refractivity contribution in [2.24, 2.45) is 0 Å². The van der Waals surface area contributed by atoms with E-state index in [-0.39, 0.29) is 18.7 Å². The first kappa shape index (κ1) is 12.6. The topological polar surface area (TPSA) is 46.5 Å². The van der Waals surface area contributed by atoms with E-state index in [4.69, 9.17) is 9.84 Å². The standard InChI is InChI=1S/C9H20O3Si/c1-5-9(11)12-8(6-10)7-13(2,3)4/h8,10H,5-7H2,1-4H3. The van der Waals surface area contributed by atoms with E-state index in [1.54, 1.807) is 6.92 Å². The molecule has 3 nitrogen and oxygen atoms in total. The second kappa shape index (κ2) is 5.39. The van der Waals surface area contributed by atoms with E-state index in [2.05, 4.69) is 19.6 Å². The van der Waals surface area contributed by atoms with E-state index >= 15 is 0 Å². The molecular weight excluding hydrogens is 184 g/mol. The van der Waals surface area contributed by atoms with Gasteiger partial charge in [0, 0.05) is 14.5 Å². The Morgan fingerprint density at radius 2 is 2.00 bits per heavy atom. The third kappa shape index (κ3) is 6.78. The van der Waals surface area contributed by atoms with Crippen LogP contribution in [0.1, 0.15) is 13.3 Å². The molecule has 78 valence electrons. The summed E-state index contributed by atoms with van der Waals surface area (Å²) in [4.78, 5) is 10.9. The van der Waals surface area contributed by atoms with Gasteiger partial charge in [-0.3, -0.25) is 4.79 Å². The van der Waals surface area contributed by atoms with Gasteiger partial charge in [-0.25, -0.2) is 0 Å². The maximum atomic E-state index is 10.9. The highest BCUT2D eigenvalue weighted by Gasteiger charge is 2.22. The highest BCUT2D eigenvalue weighted by Crippen LogP contribution is 2.14. The smallest absolute Gasteiger partial charge is 0.305 e. The molecule has 0 radical (unpaired) electrons. The van der Waals surface area contributed by atoms with Gasteiger partial charge in [0.1, 0.15) is 6.10 Å². The first-order chi connectivity index (χ1) is 5.89. The number of hydrogen-bond donors (Lipinski definition) is 1. The van der Waals surface area contributed by atoms with Gasteiger partial charge in [0.15, 0.2) is 0 Å². The Bertz CT molecular complexity index is 163. The second-order valence-corrected chi connectivity index (χ2v) is 9.94. The van der Waals surface area contributed by atoms with Crippen molar-refractivity contribution in [3.8, 4) is 0 Å². The molecule has 0 aromatic carbocycles. The fraction of sp³-hybridized carbons (Fsp3) is 0.889. The van der Waals surface area contributed by atoms with Crippen molar-refractivity contribution in [1.29, 1.82) is 0 Å². The molecule has 0 fully saturated rings. The minimum Gasteiger partial charge on any atom is -0.460 e. The predicted octanol–water partition coefficient (Wildman–Crippen LogP) is 1.64. The van der Waals surface area contributed by atoms with Gasteiger partial charge in [0.05, 0.1) is 6.61 Å². The van der Waals surface area contributed by atoms with Gasteiger partial charge in [-0.2, -0.15) is 0 Å². The SMILES string of the molecule is CCC(=O)OC(CO)C[Si](C)(C)C. The van der Waals surface area contributed by atoms with Crippen LogP contribution in [-0.4, -0.2) is 31.9 Å². The van der Waals surface area contributed by atoms with Crippen LogP contribution in [0, 0.1) is 0 Å². The molecule has 0 aliphatic heterocycles. The van der Waals surface area contributed by atoms with Gasteiger partial charge in [0.2, 0.25) is 0 Å². The minimum absolute atomic E-state index is 0.0595. The van der Waals surface area contributed by atoms with E-state index < -0.39 is 8.07 Å². The van der Waals surface area contributed by atoms with E-state index in [9.17, 15) is 4.79 Å². The molecule has 0 aromatic rings. The molecule has 0 spiro atoms. The number of aliphatic hydroxyl groups excluding tert-OH is 1. The van der Waals surface area contributed by atoms with Crippen LogP contribution in [0.3, 0.4) is 0 Å². The van der Waals surface area contributed by atoms with Crippen molar-refractivity contribution in [3.05, 3.63) is 0 Å². The molecule has 0 saturated carbocycles. The summed E-state index contributed by atoms with van der Waals surface area (Å²) >= 11 is 0. The Morgan fingerprint density at radius 3 is 2.31 bits per heavy atom. The molecule has 0 heterocycles. The van der Waals surface area contributed by atoms with E-state index in [1.807, 2.05) is 0 Å². The summed E-state index contributed by atoms with van der Waals surface area (Å²) in [5.41, 5.74) is 0. The van der Waals surface area contributed by atoms with Crippen LogP contribution < -0.4 is 0 Å². The fourth-order valence-corrected chi connectivity index (χ4v) is 2.67.